The smallest absolute Gasteiger partial charge is 0.139 e. The van der Waals surface area contributed by atoms with Crippen LogP contribution in [-0.4, -0.2) is 5.11 Å². The first-order chi connectivity index (χ1) is 7.41. The zero-order valence-electron chi connectivity index (χ0n) is 9.91. The third-order valence-electron chi connectivity index (χ3n) is 2.51. The summed E-state index contributed by atoms with van der Waals surface area (Å²) in [7, 11) is 0. The second-order valence-corrected chi connectivity index (χ2v) is 5.25. The molecule has 0 spiro atoms. The first kappa shape index (κ1) is 16.9. The third-order valence-corrected chi connectivity index (χ3v) is 3.02. The molecule has 0 amide bonds. The van der Waals surface area contributed by atoms with Gasteiger partial charge in [0.2, 0.25) is 0 Å². The molecule has 0 bridgehead atoms. The van der Waals surface area contributed by atoms with E-state index in [1.807, 2.05) is 0 Å². The predicted molar refractivity (Wildman–Crippen MR) is 76.4 cm³/mol. The normalized spacial score (nSPS) is 12.4. The molecule has 1 aromatic carbocycles. The monoisotopic (exact) mass is 297 g/mol. The second-order valence-electron chi connectivity index (χ2n) is 4.40. The lowest BCUT2D eigenvalue weighted by Gasteiger charge is -2.16. The molecule has 0 unspecified atom stereocenters. The van der Waals surface area contributed by atoms with E-state index >= 15 is 0 Å². The average molecular weight is 299 g/mol. The SMILES string of the molecule is CC(C)CC[C@H](N)c1cc(Cl)cc(Cl)c1O.Cl. The molecule has 1 atom stereocenters. The molecule has 0 saturated carbocycles. The lowest BCUT2D eigenvalue weighted by Crippen LogP contribution is -2.11. The molecule has 1 rings (SSSR count). The van der Waals surface area contributed by atoms with Crippen molar-refractivity contribution < 1.29 is 5.11 Å². The number of phenols is 1. The van der Waals surface area contributed by atoms with E-state index < -0.39 is 0 Å². The molecule has 98 valence electrons. The van der Waals surface area contributed by atoms with Crippen molar-refractivity contribution in [2.75, 3.05) is 0 Å². The first-order valence-electron chi connectivity index (χ1n) is 5.35. The molecule has 0 fully saturated rings. The van der Waals surface area contributed by atoms with Crippen molar-refractivity contribution in [3.63, 3.8) is 0 Å². The van der Waals surface area contributed by atoms with Crippen LogP contribution in [0.25, 0.3) is 0 Å². The van der Waals surface area contributed by atoms with Gasteiger partial charge in [0.1, 0.15) is 5.75 Å². The number of rotatable bonds is 4. The largest absolute Gasteiger partial charge is 0.506 e. The van der Waals surface area contributed by atoms with Gasteiger partial charge in [-0.15, -0.1) is 12.4 Å². The van der Waals surface area contributed by atoms with Gasteiger partial charge in [0.25, 0.3) is 0 Å². The first-order valence-corrected chi connectivity index (χ1v) is 6.11. The predicted octanol–water partition coefficient (Wildman–Crippen LogP) is 4.56. The van der Waals surface area contributed by atoms with Gasteiger partial charge < -0.3 is 10.8 Å². The molecule has 0 radical (unpaired) electrons. The van der Waals surface area contributed by atoms with E-state index in [2.05, 4.69) is 13.8 Å². The van der Waals surface area contributed by atoms with Crippen LogP contribution in [0.3, 0.4) is 0 Å². The van der Waals surface area contributed by atoms with E-state index in [0.717, 1.165) is 12.8 Å². The lowest BCUT2D eigenvalue weighted by atomic mass is 9.98. The summed E-state index contributed by atoms with van der Waals surface area (Å²) in [4.78, 5) is 0. The maximum atomic E-state index is 9.79. The van der Waals surface area contributed by atoms with Crippen molar-refractivity contribution >= 4 is 35.6 Å². The number of halogens is 3. The van der Waals surface area contributed by atoms with Crippen molar-refractivity contribution in [1.29, 1.82) is 0 Å². The summed E-state index contributed by atoms with van der Waals surface area (Å²) in [5.74, 6) is 0.630. The lowest BCUT2D eigenvalue weighted by molar-refractivity contribution is 0.448. The van der Waals surface area contributed by atoms with E-state index in [-0.39, 0.29) is 29.2 Å². The van der Waals surface area contributed by atoms with Crippen molar-refractivity contribution in [2.24, 2.45) is 11.7 Å². The quantitative estimate of drug-likeness (QED) is 0.856. The van der Waals surface area contributed by atoms with Crippen LogP contribution in [0.4, 0.5) is 0 Å². The Kier molecular flexibility index (Phi) is 7.26. The van der Waals surface area contributed by atoms with Crippen LogP contribution in [0.1, 0.15) is 38.3 Å². The highest BCUT2D eigenvalue weighted by molar-refractivity contribution is 6.35. The van der Waals surface area contributed by atoms with Crippen LogP contribution in [0.2, 0.25) is 10.0 Å². The van der Waals surface area contributed by atoms with Crippen LogP contribution in [0.15, 0.2) is 12.1 Å². The molecule has 5 heteroatoms. The van der Waals surface area contributed by atoms with Crippen LogP contribution in [0, 0.1) is 5.92 Å². The van der Waals surface area contributed by atoms with Crippen molar-refractivity contribution in [3.8, 4) is 5.75 Å². The standard InChI is InChI=1S/C12H17Cl2NO.ClH/c1-7(2)3-4-11(15)9-5-8(13)6-10(14)12(9)16;/h5-7,11,16H,3-4,15H2,1-2H3;1H/t11-;/m0./s1. The van der Waals surface area contributed by atoms with E-state index in [1.165, 1.54) is 6.07 Å². The molecule has 0 aliphatic heterocycles. The molecule has 0 aromatic heterocycles. The fraction of sp³-hybridized carbons (Fsp3) is 0.500. The summed E-state index contributed by atoms with van der Waals surface area (Å²) in [5.41, 5.74) is 6.63. The highest BCUT2D eigenvalue weighted by Crippen LogP contribution is 2.35. The topological polar surface area (TPSA) is 46.2 Å². The Morgan fingerprint density at radius 3 is 2.35 bits per heavy atom. The molecule has 1 aromatic rings. The summed E-state index contributed by atoms with van der Waals surface area (Å²) in [5, 5.41) is 10.5. The Morgan fingerprint density at radius 2 is 1.82 bits per heavy atom. The number of hydrogen-bond donors (Lipinski definition) is 2. The highest BCUT2D eigenvalue weighted by Gasteiger charge is 2.15. The van der Waals surface area contributed by atoms with E-state index in [9.17, 15) is 5.11 Å². The molecule has 2 nitrogen and oxygen atoms in total. The van der Waals surface area contributed by atoms with Crippen LogP contribution >= 0.6 is 35.6 Å². The van der Waals surface area contributed by atoms with Crippen LogP contribution in [-0.2, 0) is 0 Å². The summed E-state index contributed by atoms with van der Waals surface area (Å²) in [6.07, 6.45) is 1.81. The Bertz CT molecular complexity index is 369. The van der Waals surface area contributed by atoms with Gasteiger partial charge in [0.15, 0.2) is 0 Å². The molecular weight excluding hydrogens is 280 g/mol. The number of phenolic OH excluding ortho intramolecular Hbond substituents is 1. The maximum absolute atomic E-state index is 9.79. The minimum atomic E-state index is -0.224. The fourth-order valence-corrected chi connectivity index (χ4v) is 2.05. The number of nitrogens with two attached hydrogens (primary N) is 1. The van der Waals surface area contributed by atoms with Gasteiger partial charge in [0.05, 0.1) is 5.02 Å². The van der Waals surface area contributed by atoms with Crippen molar-refractivity contribution in [3.05, 3.63) is 27.7 Å². The Labute approximate surface area is 119 Å². The Morgan fingerprint density at radius 1 is 1.24 bits per heavy atom. The number of hydrogen-bond acceptors (Lipinski definition) is 2. The van der Waals surface area contributed by atoms with E-state index in [0.29, 0.717) is 16.5 Å². The summed E-state index contributed by atoms with van der Waals surface area (Å²) in [6.45, 7) is 4.27. The second kappa shape index (κ2) is 7.32. The van der Waals surface area contributed by atoms with Gasteiger partial charge in [-0.2, -0.15) is 0 Å². The Hall–Kier alpha value is -0.150. The van der Waals surface area contributed by atoms with Crippen molar-refractivity contribution in [2.45, 2.75) is 32.7 Å². The average Bonchev–Trinajstić information content (AvgIpc) is 2.19. The fourth-order valence-electron chi connectivity index (χ4n) is 1.54. The van der Waals surface area contributed by atoms with Gasteiger partial charge in [-0.25, -0.2) is 0 Å². The minimum absolute atomic E-state index is 0. The van der Waals surface area contributed by atoms with Gasteiger partial charge in [0, 0.05) is 16.6 Å². The molecule has 0 saturated heterocycles. The molecule has 3 N–H and O–H groups in total. The van der Waals surface area contributed by atoms with Crippen LogP contribution in [0.5, 0.6) is 5.75 Å². The highest BCUT2D eigenvalue weighted by atomic mass is 35.5. The van der Waals surface area contributed by atoms with E-state index in [1.54, 1.807) is 6.07 Å². The Balaban J connectivity index is 0.00000256. The van der Waals surface area contributed by atoms with Gasteiger partial charge in [-0.1, -0.05) is 37.0 Å². The summed E-state index contributed by atoms with van der Waals surface area (Å²) in [6, 6.07) is 2.96. The van der Waals surface area contributed by atoms with Crippen LogP contribution < -0.4 is 5.73 Å². The molecule has 0 aliphatic carbocycles. The minimum Gasteiger partial charge on any atom is -0.506 e. The maximum Gasteiger partial charge on any atom is 0.139 e. The molecule has 0 aliphatic rings. The third kappa shape index (κ3) is 4.92. The number of aromatic hydroxyl groups is 1. The zero-order chi connectivity index (χ0) is 12.3. The number of benzene rings is 1. The van der Waals surface area contributed by atoms with Gasteiger partial charge in [-0.3, -0.25) is 0 Å². The summed E-state index contributed by atoms with van der Waals surface area (Å²) < 4.78 is 0. The van der Waals surface area contributed by atoms with Gasteiger partial charge >= 0.3 is 0 Å². The zero-order valence-corrected chi connectivity index (χ0v) is 12.2. The molecule has 17 heavy (non-hydrogen) atoms. The van der Waals surface area contributed by atoms with E-state index in [4.69, 9.17) is 28.9 Å². The molecular formula is C12H18Cl3NO. The molecule has 0 heterocycles. The summed E-state index contributed by atoms with van der Waals surface area (Å²) >= 11 is 11.7. The van der Waals surface area contributed by atoms with Crippen molar-refractivity contribution in [1.82, 2.24) is 0 Å². The van der Waals surface area contributed by atoms with Gasteiger partial charge in [-0.05, 0) is 30.9 Å².